The van der Waals surface area contributed by atoms with Gasteiger partial charge in [0, 0.05) is 37.8 Å². The molecule has 1 fully saturated rings. The van der Waals surface area contributed by atoms with Gasteiger partial charge < -0.3 is 16.0 Å². The minimum absolute atomic E-state index is 0. The number of carbonyl (C=O) groups is 2. The molecule has 2 amide bonds. The normalized spacial score (nSPS) is 13.9. The molecule has 1 aliphatic heterocycles. The van der Waals surface area contributed by atoms with Crippen LogP contribution in [0.25, 0.3) is 21.9 Å². The van der Waals surface area contributed by atoms with Gasteiger partial charge in [0.2, 0.25) is 5.91 Å². The Morgan fingerprint density at radius 2 is 1.52 bits per heavy atom. The second-order valence-electron chi connectivity index (χ2n) is 12.9. The van der Waals surface area contributed by atoms with E-state index in [1.165, 1.54) is 5.56 Å². The molecule has 5 aromatic carbocycles. The standard InChI is InChI=1S/C42H46N4O2.2ClH/c1-31(34-16-10-17-35(28-34)39-20-7-8-21-40(39)42(48)44-25-11-24-43)46(37-22-26-45(27-23-37)30-32-12-3-2-4-13-32)41(47)29-36-18-9-15-33-14-5-6-19-38(33)36;;/h2-10,12-21,28,31,37H,11,22-27,29-30,43H2,1H3,(H,44,48);2*1H. The third-order valence-electron chi connectivity index (χ3n) is 9.64. The maximum atomic E-state index is 14.5. The quantitative estimate of drug-likeness (QED) is 0.128. The van der Waals surface area contributed by atoms with E-state index in [1.54, 1.807) is 0 Å². The van der Waals surface area contributed by atoms with Crippen LogP contribution in [0.2, 0.25) is 0 Å². The number of nitrogens with two attached hydrogens (primary N) is 1. The van der Waals surface area contributed by atoms with Crippen LogP contribution in [0.4, 0.5) is 0 Å². The van der Waals surface area contributed by atoms with Crippen LogP contribution in [0, 0.1) is 0 Å². The number of nitrogens with zero attached hydrogens (tertiary/aromatic N) is 2. The van der Waals surface area contributed by atoms with Crippen molar-refractivity contribution in [3.63, 3.8) is 0 Å². The third-order valence-corrected chi connectivity index (χ3v) is 9.64. The maximum Gasteiger partial charge on any atom is 0.251 e. The third kappa shape index (κ3) is 9.32. The summed E-state index contributed by atoms with van der Waals surface area (Å²) in [4.78, 5) is 32.3. The van der Waals surface area contributed by atoms with Crippen molar-refractivity contribution in [3.8, 4) is 11.1 Å². The van der Waals surface area contributed by atoms with Gasteiger partial charge in [-0.3, -0.25) is 14.5 Å². The topological polar surface area (TPSA) is 78.7 Å². The van der Waals surface area contributed by atoms with Gasteiger partial charge in [-0.25, -0.2) is 0 Å². The van der Waals surface area contributed by atoms with Crippen molar-refractivity contribution in [3.05, 3.63) is 144 Å². The molecule has 6 nitrogen and oxygen atoms in total. The minimum atomic E-state index is -0.149. The van der Waals surface area contributed by atoms with Crippen molar-refractivity contribution < 1.29 is 9.59 Å². The SMILES string of the molecule is CC(c1cccc(-c2ccccc2C(=O)NCCCN)c1)N(C(=O)Cc1cccc2ccccc12)C1CCN(Cc2ccccc2)CC1.Cl.Cl. The van der Waals surface area contributed by atoms with Crippen LogP contribution < -0.4 is 11.1 Å². The molecule has 1 aliphatic rings. The molecule has 262 valence electrons. The monoisotopic (exact) mass is 710 g/mol. The van der Waals surface area contributed by atoms with Crippen molar-refractivity contribution in [1.29, 1.82) is 0 Å². The Kier molecular flexibility index (Phi) is 14.4. The second-order valence-corrected chi connectivity index (χ2v) is 12.9. The predicted molar refractivity (Wildman–Crippen MR) is 210 cm³/mol. The summed E-state index contributed by atoms with van der Waals surface area (Å²) in [7, 11) is 0. The first kappa shape index (κ1) is 38.6. The molecule has 50 heavy (non-hydrogen) atoms. The zero-order valence-corrected chi connectivity index (χ0v) is 30.3. The molecule has 3 N–H and O–H groups in total. The van der Waals surface area contributed by atoms with Crippen molar-refractivity contribution in [1.82, 2.24) is 15.1 Å². The molecule has 1 saturated heterocycles. The van der Waals surface area contributed by atoms with Gasteiger partial charge in [0.25, 0.3) is 5.91 Å². The number of benzene rings is 5. The molecule has 1 atom stereocenters. The van der Waals surface area contributed by atoms with Crippen LogP contribution in [-0.4, -0.2) is 53.8 Å². The van der Waals surface area contributed by atoms with E-state index in [2.05, 4.69) is 88.8 Å². The summed E-state index contributed by atoms with van der Waals surface area (Å²) in [6, 6.07) is 41.2. The highest BCUT2D eigenvalue weighted by Crippen LogP contribution is 2.33. The number of likely N-dealkylation sites (tertiary alicyclic amines) is 1. The smallest absolute Gasteiger partial charge is 0.251 e. The van der Waals surface area contributed by atoms with Crippen LogP contribution in [0.5, 0.6) is 0 Å². The summed E-state index contributed by atoms with van der Waals surface area (Å²) >= 11 is 0. The summed E-state index contributed by atoms with van der Waals surface area (Å²) in [5.41, 5.74) is 11.5. The Balaban J connectivity index is 0.00000281. The van der Waals surface area contributed by atoms with Gasteiger partial charge in [0.1, 0.15) is 0 Å². The van der Waals surface area contributed by atoms with Gasteiger partial charge in [0.15, 0.2) is 0 Å². The van der Waals surface area contributed by atoms with Gasteiger partial charge in [-0.15, -0.1) is 24.8 Å². The van der Waals surface area contributed by atoms with E-state index in [1.807, 2.05) is 54.6 Å². The Labute approximate surface area is 308 Å². The van der Waals surface area contributed by atoms with Crippen LogP contribution in [0.15, 0.2) is 121 Å². The van der Waals surface area contributed by atoms with Gasteiger partial charge in [-0.05, 0) is 83.5 Å². The lowest BCUT2D eigenvalue weighted by molar-refractivity contribution is -0.136. The molecule has 0 radical (unpaired) electrons. The van der Waals surface area contributed by atoms with Crippen molar-refractivity contribution >= 4 is 47.4 Å². The Morgan fingerprint density at radius 3 is 2.30 bits per heavy atom. The van der Waals surface area contributed by atoms with E-state index in [9.17, 15) is 9.59 Å². The average molecular weight is 712 g/mol. The minimum Gasteiger partial charge on any atom is -0.352 e. The van der Waals surface area contributed by atoms with Crippen molar-refractivity contribution in [2.45, 2.75) is 51.2 Å². The first-order valence-corrected chi connectivity index (χ1v) is 17.2. The summed E-state index contributed by atoms with van der Waals surface area (Å²) in [5.74, 6) is 0.0390. The number of nitrogens with one attached hydrogen (secondary N) is 1. The Bertz CT molecular complexity index is 1840. The molecule has 0 bridgehead atoms. The fourth-order valence-electron chi connectivity index (χ4n) is 7.09. The van der Waals surface area contributed by atoms with Gasteiger partial charge >= 0.3 is 0 Å². The maximum absolute atomic E-state index is 14.5. The molecule has 0 aliphatic carbocycles. The highest BCUT2D eigenvalue weighted by molar-refractivity contribution is 6.01. The van der Waals surface area contributed by atoms with Crippen molar-refractivity contribution in [2.75, 3.05) is 26.2 Å². The second kappa shape index (κ2) is 18.7. The lowest BCUT2D eigenvalue weighted by atomic mass is 9.93. The number of rotatable bonds is 12. The zero-order chi connectivity index (χ0) is 33.3. The van der Waals surface area contributed by atoms with E-state index in [0.29, 0.717) is 25.1 Å². The highest BCUT2D eigenvalue weighted by Gasteiger charge is 2.32. The van der Waals surface area contributed by atoms with Crippen LogP contribution >= 0.6 is 24.8 Å². The summed E-state index contributed by atoms with van der Waals surface area (Å²) < 4.78 is 0. The number of halogens is 2. The number of hydrogen-bond donors (Lipinski definition) is 2. The number of hydrogen-bond acceptors (Lipinski definition) is 4. The predicted octanol–water partition coefficient (Wildman–Crippen LogP) is 8.23. The summed E-state index contributed by atoms with van der Waals surface area (Å²) in [6.45, 7) is 6.03. The Morgan fingerprint density at radius 1 is 0.840 bits per heavy atom. The lowest BCUT2D eigenvalue weighted by Gasteiger charge is -2.42. The number of amides is 2. The van der Waals surface area contributed by atoms with E-state index in [4.69, 9.17) is 5.73 Å². The van der Waals surface area contributed by atoms with Crippen LogP contribution in [0.1, 0.15) is 59.3 Å². The number of carbonyl (C=O) groups excluding carboxylic acids is 2. The van der Waals surface area contributed by atoms with E-state index < -0.39 is 0 Å². The largest absolute Gasteiger partial charge is 0.352 e. The highest BCUT2D eigenvalue weighted by atomic mass is 35.5. The van der Waals surface area contributed by atoms with Crippen LogP contribution in [-0.2, 0) is 17.8 Å². The average Bonchev–Trinajstić information content (AvgIpc) is 3.13. The Hall–Kier alpha value is -4.20. The van der Waals surface area contributed by atoms with E-state index in [-0.39, 0.29) is 48.7 Å². The molecule has 0 aromatic heterocycles. The fourth-order valence-corrected chi connectivity index (χ4v) is 7.09. The van der Waals surface area contributed by atoms with E-state index >= 15 is 0 Å². The first-order chi connectivity index (χ1) is 23.5. The van der Waals surface area contributed by atoms with E-state index in [0.717, 1.165) is 71.9 Å². The number of piperidine rings is 1. The molecule has 5 aromatic rings. The molecular formula is C42H48Cl2N4O2. The molecule has 6 rings (SSSR count). The van der Waals surface area contributed by atoms with Crippen molar-refractivity contribution in [2.24, 2.45) is 5.73 Å². The molecule has 1 unspecified atom stereocenters. The molecular weight excluding hydrogens is 663 g/mol. The van der Waals surface area contributed by atoms with Crippen LogP contribution in [0.3, 0.4) is 0 Å². The molecule has 8 heteroatoms. The van der Waals surface area contributed by atoms with Gasteiger partial charge in [-0.2, -0.15) is 0 Å². The molecule has 0 spiro atoms. The summed E-state index contributed by atoms with van der Waals surface area (Å²) in [5, 5.41) is 5.28. The fraction of sp³-hybridized carbons (Fsp3) is 0.286. The zero-order valence-electron chi connectivity index (χ0n) is 28.7. The molecule has 0 saturated carbocycles. The number of fused-ring (bicyclic) bond motifs is 1. The molecule has 1 heterocycles. The summed E-state index contributed by atoms with van der Waals surface area (Å²) in [6.07, 6.45) is 2.92. The first-order valence-electron chi connectivity index (χ1n) is 17.2. The van der Waals surface area contributed by atoms with Gasteiger partial charge in [0.05, 0.1) is 12.5 Å². The van der Waals surface area contributed by atoms with Gasteiger partial charge in [-0.1, -0.05) is 109 Å². The lowest BCUT2D eigenvalue weighted by Crippen LogP contribution is -2.48.